The monoisotopic (exact) mass is 261 g/mol. The molecule has 0 bridgehead atoms. The molecule has 7 nitrogen and oxygen atoms in total. The van der Waals surface area contributed by atoms with Crippen LogP contribution in [-0.2, 0) is 6.42 Å². The van der Waals surface area contributed by atoms with Gasteiger partial charge in [0.2, 0.25) is 5.89 Å². The zero-order valence-corrected chi connectivity index (χ0v) is 10.5. The molecular formula is C12H15N5O2. The number of anilines is 1. The third-order valence-electron chi connectivity index (χ3n) is 2.52. The first-order chi connectivity index (χ1) is 9.20. The highest BCUT2D eigenvalue weighted by atomic mass is 16.5. The molecule has 0 spiro atoms. The maximum absolute atomic E-state index is 11.9. The average Bonchev–Trinajstić information content (AvgIpc) is 2.84. The highest BCUT2D eigenvalue weighted by Gasteiger charge is 2.10. The van der Waals surface area contributed by atoms with Crippen molar-refractivity contribution in [1.82, 2.24) is 15.5 Å². The van der Waals surface area contributed by atoms with E-state index in [2.05, 4.69) is 20.9 Å². The Morgan fingerprint density at radius 3 is 2.89 bits per heavy atom. The fourth-order valence-electron chi connectivity index (χ4n) is 1.63. The van der Waals surface area contributed by atoms with Crippen LogP contribution in [0.4, 0.5) is 5.69 Å². The first kappa shape index (κ1) is 13.0. The predicted octanol–water partition coefficient (Wildman–Crippen LogP) is 0.636. The second-order valence-electron chi connectivity index (χ2n) is 3.93. The number of aryl methyl sites for hydroxylation is 1. The number of aromatic nitrogens is 2. The maximum Gasteiger partial charge on any atom is 0.253 e. The van der Waals surface area contributed by atoms with Crippen LogP contribution < -0.4 is 16.6 Å². The van der Waals surface area contributed by atoms with Gasteiger partial charge in [0.05, 0.1) is 11.3 Å². The second-order valence-corrected chi connectivity index (χ2v) is 3.93. The van der Waals surface area contributed by atoms with Crippen LogP contribution in [0.1, 0.15) is 22.1 Å². The van der Waals surface area contributed by atoms with Crippen molar-refractivity contribution >= 4 is 11.6 Å². The van der Waals surface area contributed by atoms with Crippen molar-refractivity contribution in [2.75, 3.05) is 12.0 Å². The molecule has 1 aromatic heterocycles. The molecule has 2 aromatic rings. The lowest BCUT2D eigenvalue weighted by Gasteiger charge is -2.08. The normalized spacial score (nSPS) is 10.2. The Morgan fingerprint density at radius 1 is 1.42 bits per heavy atom. The number of amides is 1. The minimum absolute atomic E-state index is 0.204. The summed E-state index contributed by atoms with van der Waals surface area (Å²) in [4.78, 5) is 16.0. The first-order valence-corrected chi connectivity index (χ1v) is 5.83. The first-order valence-electron chi connectivity index (χ1n) is 5.83. The van der Waals surface area contributed by atoms with E-state index in [1.807, 2.05) is 0 Å². The van der Waals surface area contributed by atoms with Crippen molar-refractivity contribution in [2.45, 2.75) is 13.3 Å². The van der Waals surface area contributed by atoms with Crippen LogP contribution in [0.3, 0.4) is 0 Å². The molecule has 1 heterocycles. The summed E-state index contributed by atoms with van der Waals surface area (Å²) < 4.78 is 4.95. The number of benzene rings is 1. The average molecular weight is 261 g/mol. The summed E-state index contributed by atoms with van der Waals surface area (Å²) in [5.41, 5.74) is 3.56. The van der Waals surface area contributed by atoms with Crippen molar-refractivity contribution in [2.24, 2.45) is 5.84 Å². The van der Waals surface area contributed by atoms with E-state index in [1.54, 1.807) is 31.2 Å². The molecule has 0 fully saturated rings. The minimum atomic E-state index is -0.204. The number of para-hydroxylation sites is 1. The highest BCUT2D eigenvalue weighted by Crippen LogP contribution is 2.12. The summed E-state index contributed by atoms with van der Waals surface area (Å²) in [7, 11) is 0. The number of carbonyl (C=O) groups is 1. The van der Waals surface area contributed by atoms with Crippen LogP contribution in [0.15, 0.2) is 28.8 Å². The Labute approximate surface area is 110 Å². The van der Waals surface area contributed by atoms with Crippen molar-refractivity contribution in [3.05, 3.63) is 41.5 Å². The molecule has 0 aliphatic rings. The van der Waals surface area contributed by atoms with Crippen LogP contribution in [0.5, 0.6) is 0 Å². The Kier molecular flexibility index (Phi) is 4.09. The zero-order valence-electron chi connectivity index (χ0n) is 10.5. The lowest BCUT2D eigenvalue weighted by atomic mass is 10.1. The molecule has 100 valence electrons. The minimum Gasteiger partial charge on any atom is -0.351 e. The molecule has 0 aliphatic carbocycles. The highest BCUT2D eigenvalue weighted by molar-refractivity contribution is 5.99. The molecule has 1 aromatic carbocycles. The third kappa shape index (κ3) is 3.29. The molecular weight excluding hydrogens is 246 g/mol. The number of nitrogens with one attached hydrogen (secondary N) is 2. The number of carbonyl (C=O) groups excluding carboxylic acids is 1. The van der Waals surface area contributed by atoms with Gasteiger partial charge in [0.25, 0.3) is 5.91 Å². The van der Waals surface area contributed by atoms with Crippen molar-refractivity contribution in [1.29, 1.82) is 0 Å². The van der Waals surface area contributed by atoms with E-state index in [9.17, 15) is 4.79 Å². The van der Waals surface area contributed by atoms with Crippen LogP contribution in [0.25, 0.3) is 0 Å². The standard InChI is InChI=1S/C12H15N5O2/c1-8-15-11(19-17-8)6-7-14-12(18)9-4-2-3-5-10(9)16-13/h2-5,16H,6-7,13H2,1H3,(H,14,18). The van der Waals surface area contributed by atoms with Gasteiger partial charge in [-0.15, -0.1) is 0 Å². The van der Waals surface area contributed by atoms with Crippen molar-refractivity contribution in [3.63, 3.8) is 0 Å². The number of hydrazine groups is 1. The maximum atomic E-state index is 11.9. The summed E-state index contributed by atoms with van der Waals surface area (Å²) in [6.45, 7) is 2.16. The summed E-state index contributed by atoms with van der Waals surface area (Å²) >= 11 is 0. The summed E-state index contributed by atoms with van der Waals surface area (Å²) in [5.74, 6) is 6.23. The molecule has 0 aliphatic heterocycles. The van der Waals surface area contributed by atoms with E-state index in [4.69, 9.17) is 10.4 Å². The second kappa shape index (κ2) is 5.96. The van der Waals surface area contributed by atoms with Gasteiger partial charge in [-0.2, -0.15) is 4.98 Å². The molecule has 4 N–H and O–H groups in total. The number of hydrogen-bond donors (Lipinski definition) is 3. The van der Waals surface area contributed by atoms with E-state index in [0.29, 0.717) is 35.9 Å². The SMILES string of the molecule is Cc1noc(CCNC(=O)c2ccccc2NN)n1. The number of hydrogen-bond acceptors (Lipinski definition) is 6. The van der Waals surface area contributed by atoms with E-state index < -0.39 is 0 Å². The van der Waals surface area contributed by atoms with Gasteiger partial charge in [-0.3, -0.25) is 10.6 Å². The Bertz CT molecular complexity index is 567. The summed E-state index contributed by atoms with van der Waals surface area (Å²) in [6, 6.07) is 7.00. The Morgan fingerprint density at radius 2 is 2.21 bits per heavy atom. The third-order valence-corrected chi connectivity index (χ3v) is 2.52. The Balaban J connectivity index is 1.90. The van der Waals surface area contributed by atoms with Gasteiger partial charge < -0.3 is 15.3 Å². The summed E-state index contributed by atoms with van der Waals surface area (Å²) in [5, 5.41) is 6.44. The zero-order chi connectivity index (χ0) is 13.7. The molecule has 0 atom stereocenters. The summed E-state index contributed by atoms with van der Waals surface area (Å²) in [6.07, 6.45) is 0.491. The molecule has 0 saturated carbocycles. The van der Waals surface area contributed by atoms with E-state index in [1.165, 1.54) is 0 Å². The molecule has 19 heavy (non-hydrogen) atoms. The van der Waals surface area contributed by atoms with Gasteiger partial charge in [0, 0.05) is 13.0 Å². The van der Waals surface area contributed by atoms with Gasteiger partial charge >= 0.3 is 0 Å². The lowest BCUT2D eigenvalue weighted by Crippen LogP contribution is -2.27. The number of nitrogen functional groups attached to an aromatic ring is 1. The predicted molar refractivity (Wildman–Crippen MR) is 69.3 cm³/mol. The van der Waals surface area contributed by atoms with Crippen LogP contribution in [-0.4, -0.2) is 22.6 Å². The topological polar surface area (TPSA) is 106 Å². The molecule has 0 saturated heterocycles. The smallest absolute Gasteiger partial charge is 0.253 e. The fourth-order valence-corrected chi connectivity index (χ4v) is 1.63. The van der Waals surface area contributed by atoms with Gasteiger partial charge in [-0.05, 0) is 19.1 Å². The van der Waals surface area contributed by atoms with Crippen molar-refractivity contribution in [3.8, 4) is 0 Å². The van der Waals surface area contributed by atoms with Crippen molar-refractivity contribution < 1.29 is 9.32 Å². The van der Waals surface area contributed by atoms with Gasteiger partial charge in [0.15, 0.2) is 5.82 Å². The largest absolute Gasteiger partial charge is 0.351 e. The van der Waals surface area contributed by atoms with Gasteiger partial charge in [0.1, 0.15) is 0 Å². The number of rotatable bonds is 5. The number of nitrogens with two attached hydrogens (primary N) is 1. The van der Waals surface area contributed by atoms with Gasteiger partial charge in [-0.25, -0.2) is 0 Å². The van der Waals surface area contributed by atoms with E-state index >= 15 is 0 Å². The lowest BCUT2D eigenvalue weighted by molar-refractivity contribution is 0.0954. The van der Waals surface area contributed by atoms with Crippen LogP contribution in [0.2, 0.25) is 0 Å². The molecule has 0 radical (unpaired) electrons. The van der Waals surface area contributed by atoms with Crippen LogP contribution in [0, 0.1) is 6.92 Å². The van der Waals surface area contributed by atoms with E-state index in [0.717, 1.165) is 0 Å². The van der Waals surface area contributed by atoms with E-state index in [-0.39, 0.29) is 5.91 Å². The van der Waals surface area contributed by atoms with Gasteiger partial charge in [-0.1, -0.05) is 17.3 Å². The Hall–Kier alpha value is -2.41. The quantitative estimate of drug-likeness (QED) is 0.538. The number of nitrogens with zero attached hydrogens (tertiary/aromatic N) is 2. The molecule has 7 heteroatoms. The fraction of sp³-hybridized carbons (Fsp3) is 0.250. The van der Waals surface area contributed by atoms with Crippen LogP contribution >= 0.6 is 0 Å². The molecule has 0 unspecified atom stereocenters. The molecule has 1 amide bonds. The molecule has 2 rings (SSSR count).